The zero-order valence-corrected chi connectivity index (χ0v) is 41.4. The van der Waals surface area contributed by atoms with Gasteiger partial charge >= 0.3 is 0 Å². The van der Waals surface area contributed by atoms with Crippen LogP contribution in [0.5, 0.6) is 0 Å². The topological polar surface area (TPSA) is 3.24 Å². The molecule has 4 aliphatic carbocycles. The van der Waals surface area contributed by atoms with Gasteiger partial charge in [-0.1, -0.05) is 239 Å². The number of hydrogen-bond donors (Lipinski definition) is 0. The Hall–Kier alpha value is -8.78. The fourth-order valence-electron chi connectivity index (χ4n) is 13.8. The first-order valence-corrected chi connectivity index (χ1v) is 25.7. The largest absolute Gasteiger partial charge is 0.310 e. The van der Waals surface area contributed by atoms with Gasteiger partial charge in [-0.05, 0) is 155 Å². The van der Waals surface area contributed by atoms with E-state index in [1.54, 1.807) is 0 Å². The molecule has 0 bridgehead atoms. The summed E-state index contributed by atoms with van der Waals surface area (Å²) < 4.78 is 0. The van der Waals surface area contributed by atoms with Crippen LogP contribution >= 0.6 is 0 Å². The first-order chi connectivity index (χ1) is 35.9. The maximum atomic E-state index is 4.84. The lowest BCUT2D eigenvalue weighted by Gasteiger charge is -2.34. The van der Waals surface area contributed by atoms with Crippen LogP contribution in [0.15, 0.2) is 267 Å². The number of fused-ring (bicyclic) bond motifs is 16. The van der Waals surface area contributed by atoms with E-state index in [0.29, 0.717) is 0 Å². The third-order valence-electron chi connectivity index (χ3n) is 16.9. The van der Waals surface area contributed by atoms with E-state index in [2.05, 4.69) is 280 Å². The fourth-order valence-corrected chi connectivity index (χ4v) is 13.8. The van der Waals surface area contributed by atoms with E-state index in [-0.39, 0.29) is 5.41 Å². The van der Waals surface area contributed by atoms with Gasteiger partial charge in [0.15, 0.2) is 0 Å². The number of rotatable bonds is 8. The summed E-state index contributed by atoms with van der Waals surface area (Å²) in [6, 6.07) is 86.7. The number of allylic oxidation sites excluding steroid dienone is 5. The summed E-state index contributed by atoms with van der Waals surface area (Å²) in [5, 5.41) is 0. The molecule has 0 amide bonds. The molecule has 0 radical (unpaired) electrons. The molecule has 346 valence electrons. The maximum absolute atomic E-state index is 4.84. The van der Waals surface area contributed by atoms with Gasteiger partial charge in [0, 0.05) is 22.5 Å². The second-order valence-corrected chi connectivity index (χ2v) is 20.7. The molecule has 1 unspecified atom stereocenters. The number of hydrogen-bond acceptors (Lipinski definition) is 1. The Balaban J connectivity index is 0.964. The van der Waals surface area contributed by atoms with Crippen molar-refractivity contribution in [3.05, 3.63) is 317 Å². The summed E-state index contributed by atoms with van der Waals surface area (Å²) in [4.78, 5) is 2.50. The third-order valence-corrected chi connectivity index (χ3v) is 16.9. The van der Waals surface area contributed by atoms with Crippen LogP contribution in [-0.4, -0.2) is 0 Å². The lowest BCUT2D eigenvalue weighted by molar-refractivity contribution is 0.660. The first-order valence-electron chi connectivity index (χ1n) is 25.7. The second-order valence-electron chi connectivity index (χ2n) is 20.7. The molecule has 14 rings (SSSR count). The lowest BCUT2D eigenvalue weighted by atomic mass is 9.67. The van der Waals surface area contributed by atoms with Crippen molar-refractivity contribution in [2.45, 2.75) is 37.0 Å². The van der Waals surface area contributed by atoms with Gasteiger partial charge in [-0.25, -0.2) is 0 Å². The van der Waals surface area contributed by atoms with E-state index in [1.807, 2.05) is 0 Å². The second kappa shape index (κ2) is 16.1. The highest BCUT2D eigenvalue weighted by Crippen LogP contribution is 2.64. The van der Waals surface area contributed by atoms with Crippen molar-refractivity contribution >= 4 is 17.1 Å². The Labute approximate surface area is 429 Å². The molecule has 1 heteroatoms. The molecule has 73 heavy (non-hydrogen) atoms. The standard InChI is InChI=1S/C72H53N/c1-5-6-8-22-47(2)71(49-23-9-7-10-24-49)65-35-20-15-29-60(65)69-53(30-21-36-66(69)71)48-37-39-50(40-38-48)73(51-41-43-58-54-25-11-16-31-61(54)70(3,4)67(58)45-51)52-42-44-59-57-28-14-19-34-64(57)72(68(59)46-52)62-32-17-12-26-55(62)56-27-13-18-33-63(56)72/h5-46H,2H2,1,3-4H3/b6-5-,22-8-. The minimum absolute atomic E-state index is 0.162. The van der Waals surface area contributed by atoms with Gasteiger partial charge in [0.05, 0.1) is 10.8 Å². The normalized spacial score (nSPS) is 16.4. The van der Waals surface area contributed by atoms with Crippen molar-refractivity contribution in [2.75, 3.05) is 4.90 Å². The predicted molar refractivity (Wildman–Crippen MR) is 305 cm³/mol. The quantitative estimate of drug-likeness (QED) is 0.137. The van der Waals surface area contributed by atoms with Crippen molar-refractivity contribution in [3.8, 4) is 55.6 Å². The highest BCUT2D eigenvalue weighted by Gasteiger charge is 2.52. The van der Waals surface area contributed by atoms with E-state index in [4.69, 9.17) is 6.58 Å². The van der Waals surface area contributed by atoms with Gasteiger partial charge < -0.3 is 4.90 Å². The lowest BCUT2D eigenvalue weighted by Crippen LogP contribution is -2.28. The van der Waals surface area contributed by atoms with Crippen molar-refractivity contribution in [1.29, 1.82) is 0 Å². The molecule has 1 atom stereocenters. The average molecular weight is 932 g/mol. The molecular formula is C72H53N. The highest BCUT2D eigenvalue weighted by molar-refractivity contribution is 5.98. The minimum atomic E-state index is -0.566. The molecule has 0 heterocycles. The molecular weight excluding hydrogens is 879 g/mol. The summed E-state index contributed by atoms with van der Waals surface area (Å²) in [6.45, 7) is 11.6. The Morgan fingerprint density at radius 1 is 0.384 bits per heavy atom. The van der Waals surface area contributed by atoms with Crippen LogP contribution in [0.1, 0.15) is 70.8 Å². The molecule has 0 aromatic heterocycles. The van der Waals surface area contributed by atoms with Gasteiger partial charge in [0.1, 0.15) is 0 Å². The number of anilines is 3. The molecule has 10 aromatic rings. The fraction of sp³-hybridized carbons (Fsp3) is 0.0833. The van der Waals surface area contributed by atoms with Gasteiger partial charge in [0.25, 0.3) is 0 Å². The van der Waals surface area contributed by atoms with Crippen LogP contribution in [0.4, 0.5) is 17.1 Å². The van der Waals surface area contributed by atoms with Crippen molar-refractivity contribution in [3.63, 3.8) is 0 Å². The predicted octanol–water partition coefficient (Wildman–Crippen LogP) is 18.5. The molecule has 1 spiro atoms. The van der Waals surface area contributed by atoms with Gasteiger partial charge in [-0.15, -0.1) is 0 Å². The molecule has 0 fully saturated rings. The van der Waals surface area contributed by atoms with Gasteiger partial charge in [-0.2, -0.15) is 0 Å². The zero-order chi connectivity index (χ0) is 49.1. The smallest absolute Gasteiger partial charge is 0.0726 e. The molecule has 0 aliphatic heterocycles. The third kappa shape index (κ3) is 5.85. The number of benzene rings is 10. The van der Waals surface area contributed by atoms with E-state index < -0.39 is 10.8 Å². The highest BCUT2D eigenvalue weighted by atomic mass is 15.1. The Bertz CT molecular complexity index is 3910. The van der Waals surface area contributed by atoms with Crippen LogP contribution < -0.4 is 4.90 Å². The SMILES string of the molecule is C=C(/C=C\C=C/C)C1(c2ccccc2)c2ccccc2-c2c(-c3ccc(N(c4ccc5c(c4)C(C)(C)c4ccccc4-5)c4ccc5c(c4)C4(c6ccccc6-c6ccccc64)c4ccccc4-5)cc3)cccc21. The van der Waals surface area contributed by atoms with E-state index in [1.165, 1.54) is 106 Å². The van der Waals surface area contributed by atoms with Crippen LogP contribution in [-0.2, 0) is 16.2 Å². The molecule has 0 saturated heterocycles. The minimum Gasteiger partial charge on any atom is -0.310 e. The molecule has 1 nitrogen and oxygen atoms in total. The van der Waals surface area contributed by atoms with Crippen LogP contribution in [0.2, 0.25) is 0 Å². The summed E-state index contributed by atoms with van der Waals surface area (Å²) >= 11 is 0. The van der Waals surface area contributed by atoms with E-state index in [0.717, 1.165) is 22.6 Å². The molecule has 0 N–H and O–H groups in total. The molecule has 10 aromatic carbocycles. The molecule has 4 aliphatic rings. The van der Waals surface area contributed by atoms with Crippen molar-refractivity contribution in [2.24, 2.45) is 0 Å². The first kappa shape index (κ1) is 43.0. The van der Waals surface area contributed by atoms with Gasteiger partial charge in [0.2, 0.25) is 0 Å². The van der Waals surface area contributed by atoms with E-state index in [9.17, 15) is 0 Å². The average Bonchev–Trinajstić information content (AvgIpc) is 4.12. The summed E-state index contributed by atoms with van der Waals surface area (Å²) in [5.74, 6) is 0. The van der Waals surface area contributed by atoms with Crippen LogP contribution in [0, 0.1) is 0 Å². The zero-order valence-electron chi connectivity index (χ0n) is 41.4. The van der Waals surface area contributed by atoms with Crippen molar-refractivity contribution < 1.29 is 0 Å². The Kier molecular flexibility index (Phi) is 9.50. The summed E-state index contributed by atoms with van der Waals surface area (Å²) in [5.41, 5.74) is 27.7. The van der Waals surface area contributed by atoms with E-state index >= 15 is 0 Å². The van der Waals surface area contributed by atoms with Gasteiger partial charge in [-0.3, -0.25) is 0 Å². The number of nitrogens with zero attached hydrogens (tertiary/aromatic N) is 1. The Morgan fingerprint density at radius 2 is 0.836 bits per heavy atom. The molecule has 0 saturated carbocycles. The summed E-state index contributed by atoms with van der Waals surface area (Å²) in [7, 11) is 0. The van der Waals surface area contributed by atoms with Crippen LogP contribution in [0.3, 0.4) is 0 Å². The monoisotopic (exact) mass is 931 g/mol. The maximum Gasteiger partial charge on any atom is 0.0726 e. The van der Waals surface area contributed by atoms with Crippen molar-refractivity contribution in [1.82, 2.24) is 0 Å². The Morgan fingerprint density at radius 3 is 1.44 bits per heavy atom. The van der Waals surface area contributed by atoms with Crippen LogP contribution in [0.25, 0.3) is 55.6 Å². The summed E-state index contributed by atoms with van der Waals surface area (Å²) in [6.07, 6.45) is 8.46.